The number of benzene rings is 2. The third-order valence-electron chi connectivity index (χ3n) is 4.38. The summed E-state index contributed by atoms with van der Waals surface area (Å²) >= 11 is 0. The van der Waals surface area contributed by atoms with Gasteiger partial charge in [0.05, 0.1) is 20.3 Å². The molecule has 7 nitrogen and oxygen atoms in total. The van der Waals surface area contributed by atoms with Crippen molar-refractivity contribution in [2.45, 2.75) is 13.3 Å². The third-order valence-corrected chi connectivity index (χ3v) is 4.38. The first-order chi connectivity index (χ1) is 14.6. The molecule has 0 atom stereocenters. The lowest BCUT2D eigenvalue weighted by Gasteiger charge is -2.11. The molecule has 30 heavy (non-hydrogen) atoms. The van der Waals surface area contributed by atoms with Crippen LogP contribution in [0.1, 0.15) is 29.3 Å². The summed E-state index contributed by atoms with van der Waals surface area (Å²) < 4.78 is 22.1. The van der Waals surface area contributed by atoms with E-state index < -0.39 is 0 Å². The summed E-state index contributed by atoms with van der Waals surface area (Å²) in [5.74, 6) is 1.81. The lowest BCUT2D eigenvalue weighted by atomic mass is 10.1. The molecular formula is C23H25NO6. The number of hydrogen-bond donors (Lipinski definition) is 1. The zero-order chi connectivity index (χ0) is 21.3. The van der Waals surface area contributed by atoms with Crippen LogP contribution in [-0.4, -0.2) is 45.2 Å². The van der Waals surface area contributed by atoms with Gasteiger partial charge < -0.3 is 24.3 Å². The van der Waals surface area contributed by atoms with Gasteiger partial charge in [-0.15, -0.1) is 0 Å². The summed E-state index contributed by atoms with van der Waals surface area (Å²) in [6, 6.07) is 10.4. The lowest BCUT2D eigenvalue weighted by molar-refractivity contribution is -0.123. The molecule has 7 heteroatoms. The lowest BCUT2D eigenvalue weighted by Crippen LogP contribution is -2.28. The molecule has 0 saturated carbocycles. The topological polar surface area (TPSA) is 83.1 Å². The van der Waals surface area contributed by atoms with Crippen molar-refractivity contribution >= 4 is 17.8 Å². The number of amides is 1. The molecule has 3 rings (SSSR count). The Morgan fingerprint density at radius 3 is 2.63 bits per heavy atom. The quantitative estimate of drug-likeness (QED) is 0.530. The molecule has 1 aliphatic heterocycles. The van der Waals surface area contributed by atoms with Crippen molar-refractivity contribution in [2.24, 2.45) is 0 Å². The van der Waals surface area contributed by atoms with Crippen LogP contribution in [0.25, 0.3) is 6.08 Å². The van der Waals surface area contributed by atoms with E-state index in [1.807, 2.05) is 6.92 Å². The molecule has 1 N–H and O–H groups in total. The molecule has 0 spiro atoms. The second-order valence-corrected chi connectivity index (χ2v) is 6.56. The highest BCUT2D eigenvalue weighted by atomic mass is 16.5. The Bertz CT molecular complexity index is 937. The Kier molecular flexibility index (Phi) is 7.32. The van der Waals surface area contributed by atoms with Gasteiger partial charge >= 0.3 is 0 Å². The molecule has 1 aliphatic rings. The number of allylic oxidation sites excluding steroid dienone is 1. The van der Waals surface area contributed by atoms with Crippen LogP contribution in [0.5, 0.6) is 23.0 Å². The number of likely N-dealkylation sites (N-methyl/N-ethyl adjacent to an activating group) is 1. The van der Waals surface area contributed by atoms with E-state index in [1.165, 1.54) is 13.2 Å². The molecular weight excluding hydrogens is 386 g/mol. The average Bonchev–Trinajstić information content (AvgIpc) is 3.01. The van der Waals surface area contributed by atoms with Gasteiger partial charge in [-0.05, 0) is 48.9 Å². The largest absolute Gasteiger partial charge is 0.493 e. The second kappa shape index (κ2) is 10.3. The van der Waals surface area contributed by atoms with Crippen molar-refractivity contribution in [3.05, 3.63) is 53.6 Å². The third kappa shape index (κ3) is 5.53. The number of ether oxygens (including phenoxy) is 4. The number of fused-ring (bicyclic) bond motifs is 1. The molecule has 0 unspecified atom stereocenters. The highest BCUT2D eigenvalue weighted by Crippen LogP contribution is 2.31. The summed E-state index contributed by atoms with van der Waals surface area (Å²) in [7, 11) is 1.52. The molecule has 0 aliphatic carbocycles. The standard InChI is InChI=1S/C23H25NO6/c1-3-24-23(26)15-30-19-9-6-16(13-21(19)27-2)5-8-18(25)17-7-10-20-22(14-17)29-12-4-11-28-20/h5-10,13-14H,3-4,11-12,15H2,1-2H3,(H,24,26)/b8-5+. The average molecular weight is 411 g/mol. The predicted molar refractivity (Wildman–Crippen MR) is 113 cm³/mol. The highest BCUT2D eigenvalue weighted by Gasteiger charge is 2.13. The van der Waals surface area contributed by atoms with Gasteiger partial charge in [0.2, 0.25) is 0 Å². The van der Waals surface area contributed by atoms with Crippen LogP contribution in [-0.2, 0) is 4.79 Å². The summed E-state index contributed by atoms with van der Waals surface area (Å²) in [5, 5.41) is 2.67. The molecule has 1 amide bonds. The zero-order valence-corrected chi connectivity index (χ0v) is 17.1. The molecule has 0 fully saturated rings. The summed E-state index contributed by atoms with van der Waals surface area (Å²) in [4.78, 5) is 24.1. The number of carbonyl (C=O) groups is 2. The Morgan fingerprint density at radius 2 is 1.87 bits per heavy atom. The van der Waals surface area contributed by atoms with Crippen molar-refractivity contribution in [1.82, 2.24) is 5.32 Å². The Hall–Kier alpha value is -3.48. The van der Waals surface area contributed by atoms with Gasteiger partial charge in [0.1, 0.15) is 0 Å². The number of carbonyl (C=O) groups excluding carboxylic acids is 2. The Balaban J connectivity index is 1.68. The molecule has 158 valence electrons. The van der Waals surface area contributed by atoms with Crippen LogP contribution >= 0.6 is 0 Å². The summed E-state index contributed by atoms with van der Waals surface area (Å²) in [5.41, 5.74) is 1.28. The van der Waals surface area contributed by atoms with E-state index in [4.69, 9.17) is 18.9 Å². The van der Waals surface area contributed by atoms with Crippen molar-refractivity contribution in [2.75, 3.05) is 33.5 Å². The van der Waals surface area contributed by atoms with Crippen molar-refractivity contribution in [3.8, 4) is 23.0 Å². The molecule has 2 aromatic rings. The predicted octanol–water partition coefficient (Wildman–Crippen LogP) is 3.27. The fourth-order valence-corrected chi connectivity index (χ4v) is 2.88. The number of nitrogens with one attached hydrogen (secondary N) is 1. The van der Waals surface area contributed by atoms with Crippen molar-refractivity contribution in [3.63, 3.8) is 0 Å². The smallest absolute Gasteiger partial charge is 0.257 e. The van der Waals surface area contributed by atoms with E-state index in [0.29, 0.717) is 48.3 Å². The number of rotatable bonds is 8. The van der Waals surface area contributed by atoms with E-state index in [-0.39, 0.29) is 18.3 Å². The number of ketones is 1. The van der Waals surface area contributed by atoms with Crippen LogP contribution in [0.2, 0.25) is 0 Å². The molecule has 0 aromatic heterocycles. The summed E-state index contributed by atoms with van der Waals surface area (Å²) in [6.45, 7) is 3.45. The Labute approximate surface area is 175 Å². The maximum Gasteiger partial charge on any atom is 0.257 e. The van der Waals surface area contributed by atoms with Crippen LogP contribution < -0.4 is 24.3 Å². The van der Waals surface area contributed by atoms with Gasteiger partial charge in [-0.1, -0.05) is 12.1 Å². The van der Waals surface area contributed by atoms with Crippen LogP contribution in [0.4, 0.5) is 0 Å². The van der Waals surface area contributed by atoms with Crippen LogP contribution in [0.15, 0.2) is 42.5 Å². The molecule has 0 saturated heterocycles. The van der Waals surface area contributed by atoms with E-state index in [0.717, 1.165) is 12.0 Å². The monoisotopic (exact) mass is 411 g/mol. The summed E-state index contributed by atoms with van der Waals surface area (Å²) in [6.07, 6.45) is 3.99. The Morgan fingerprint density at radius 1 is 1.07 bits per heavy atom. The fourth-order valence-electron chi connectivity index (χ4n) is 2.88. The van der Waals surface area contributed by atoms with E-state index in [2.05, 4.69) is 5.32 Å². The van der Waals surface area contributed by atoms with Gasteiger partial charge in [0, 0.05) is 18.5 Å². The molecule has 1 heterocycles. The van der Waals surface area contributed by atoms with Crippen molar-refractivity contribution in [1.29, 1.82) is 0 Å². The SMILES string of the molecule is CCNC(=O)COc1ccc(/C=C/C(=O)c2ccc3c(c2)OCCCO3)cc1OC. The van der Waals surface area contributed by atoms with Gasteiger partial charge in [0.15, 0.2) is 35.4 Å². The first-order valence-electron chi connectivity index (χ1n) is 9.80. The molecule has 0 radical (unpaired) electrons. The molecule has 2 aromatic carbocycles. The molecule has 0 bridgehead atoms. The number of methoxy groups -OCH3 is 1. The second-order valence-electron chi connectivity index (χ2n) is 6.56. The highest BCUT2D eigenvalue weighted by molar-refractivity contribution is 6.07. The van der Waals surface area contributed by atoms with Crippen LogP contribution in [0.3, 0.4) is 0 Å². The van der Waals surface area contributed by atoms with Gasteiger partial charge in [-0.2, -0.15) is 0 Å². The minimum absolute atomic E-state index is 0.0953. The number of hydrogen-bond acceptors (Lipinski definition) is 6. The van der Waals surface area contributed by atoms with Gasteiger partial charge in [-0.3, -0.25) is 9.59 Å². The van der Waals surface area contributed by atoms with E-state index in [1.54, 1.807) is 42.5 Å². The van der Waals surface area contributed by atoms with Crippen molar-refractivity contribution < 1.29 is 28.5 Å². The van der Waals surface area contributed by atoms with E-state index in [9.17, 15) is 9.59 Å². The van der Waals surface area contributed by atoms with Gasteiger partial charge in [0.25, 0.3) is 5.91 Å². The minimum atomic E-state index is -0.204. The minimum Gasteiger partial charge on any atom is -0.493 e. The first kappa shape index (κ1) is 21.2. The van der Waals surface area contributed by atoms with E-state index >= 15 is 0 Å². The van der Waals surface area contributed by atoms with Gasteiger partial charge in [-0.25, -0.2) is 0 Å². The van der Waals surface area contributed by atoms with Crippen LogP contribution in [0, 0.1) is 0 Å². The maximum atomic E-state index is 12.6. The fraction of sp³-hybridized carbons (Fsp3) is 0.304. The first-order valence-corrected chi connectivity index (χ1v) is 9.80. The normalized spacial score (nSPS) is 12.9. The maximum absolute atomic E-state index is 12.6. The zero-order valence-electron chi connectivity index (χ0n) is 17.1.